The van der Waals surface area contributed by atoms with Crippen molar-refractivity contribution in [2.45, 2.75) is 53.1 Å². The lowest BCUT2D eigenvalue weighted by Gasteiger charge is -2.32. The molecule has 0 saturated carbocycles. The number of benzene rings is 2. The van der Waals surface area contributed by atoms with Crippen LogP contribution in [0, 0.1) is 13.8 Å². The molecule has 0 aliphatic carbocycles. The van der Waals surface area contributed by atoms with Gasteiger partial charge in [0.1, 0.15) is 0 Å². The minimum atomic E-state index is -0.0885. The van der Waals surface area contributed by atoms with E-state index in [1.54, 1.807) is 12.1 Å². The maximum Gasteiger partial charge on any atom is 0.256 e. The Morgan fingerprint density at radius 2 is 1.76 bits per heavy atom. The zero-order chi connectivity index (χ0) is 26.4. The second-order valence-electron chi connectivity index (χ2n) is 9.76. The Balaban J connectivity index is 1.50. The zero-order valence-electron chi connectivity index (χ0n) is 22.3. The van der Waals surface area contributed by atoms with Gasteiger partial charge >= 0.3 is 0 Å². The molecule has 8 heteroatoms. The van der Waals surface area contributed by atoms with Crippen LogP contribution in [-0.2, 0) is 22.7 Å². The zero-order valence-corrected chi connectivity index (χ0v) is 22.3. The highest BCUT2D eigenvalue weighted by atomic mass is 16.5. The number of hydrogen-bond acceptors (Lipinski definition) is 6. The van der Waals surface area contributed by atoms with Gasteiger partial charge in [-0.15, -0.1) is 0 Å². The van der Waals surface area contributed by atoms with Crippen molar-refractivity contribution in [2.75, 3.05) is 31.6 Å². The number of carbonyl (C=O) groups excluding carboxylic acids is 2. The van der Waals surface area contributed by atoms with Crippen LogP contribution >= 0.6 is 0 Å². The summed E-state index contributed by atoms with van der Waals surface area (Å²) in [7, 11) is 1.80. The van der Waals surface area contributed by atoms with Crippen molar-refractivity contribution < 1.29 is 14.1 Å². The number of fused-ring (bicyclic) bond motifs is 1. The molecule has 1 aromatic heterocycles. The predicted octanol–water partition coefficient (Wildman–Crippen LogP) is 4.46. The molecule has 1 aliphatic rings. The molecule has 37 heavy (non-hydrogen) atoms. The van der Waals surface area contributed by atoms with E-state index in [1.165, 1.54) is 11.1 Å². The molecule has 8 nitrogen and oxygen atoms in total. The van der Waals surface area contributed by atoms with Gasteiger partial charge in [-0.1, -0.05) is 49.2 Å². The number of carbonyl (C=O) groups is 2. The van der Waals surface area contributed by atoms with E-state index in [2.05, 4.69) is 29.5 Å². The van der Waals surface area contributed by atoms with Crippen LogP contribution in [0.3, 0.4) is 0 Å². The molecular weight excluding hydrogens is 466 g/mol. The van der Waals surface area contributed by atoms with E-state index in [0.29, 0.717) is 25.4 Å². The summed E-state index contributed by atoms with van der Waals surface area (Å²) in [6.07, 6.45) is 3.12. The molecule has 0 spiro atoms. The molecule has 4 rings (SSSR count). The van der Waals surface area contributed by atoms with Gasteiger partial charge in [-0.05, 0) is 55.2 Å². The summed E-state index contributed by atoms with van der Waals surface area (Å²) < 4.78 is 5.42. The Labute approximate surface area is 219 Å². The van der Waals surface area contributed by atoms with E-state index in [-0.39, 0.29) is 24.9 Å². The number of aromatic nitrogens is 1. The van der Waals surface area contributed by atoms with Crippen molar-refractivity contribution in [3.05, 3.63) is 70.9 Å². The molecule has 0 unspecified atom stereocenters. The number of rotatable bonds is 11. The second-order valence-corrected chi connectivity index (χ2v) is 9.76. The van der Waals surface area contributed by atoms with E-state index in [9.17, 15) is 9.59 Å². The highest BCUT2D eigenvalue weighted by Crippen LogP contribution is 2.28. The predicted molar refractivity (Wildman–Crippen MR) is 145 cm³/mol. The fourth-order valence-electron chi connectivity index (χ4n) is 4.67. The minimum Gasteiger partial charge on any atom is -0.356 e. The van der Waals surface area contributed by atoms with Crippen molar-refractivity contribution >= 4 is 17.5 Å². The largest absolute Gasteiger partial charge is 0.356 e. The Morgan fingerprint density at radius 1 is 1.03 bits per heavy atom. The molecule has 2 heterocycles. The fraction of sp³-hybridized carbons (Fsp3) is 0.414. The Bertz CT molecular complexity index is 1210. The third-order valence-electron chi connectivity index (χ3n) is 6.82. The Hall–Kier alpha value is -3.65. The fourth-order valence-corrected chi connectivity index (χ4v) is 4.67. The van der Waals surface area contributed by atoms with Gasteiger partial charge in [0, 0.05) is 44.0 Å². The Kier molecular flexibility index (Phi) is 8.61. The summed E-state index contributed by atoms with van der Waals surface area (Å²) in [5.74, 6) is 0.534. The SMILES string of the molecule is CCCCCNC(=O)CN(CC(=O)N(C)N1Cc2ccccc2C1)c1ccc(-c2cc(C)no2)cc1C. The van der Waals surface area contributed by atoms with Crippen molar-refractivity contribution in [1.29, 1.82) is 0 Å². The van der Waals surface area contributed by atoms with Crippen LogP contribution in [-0.4, -0.2) is 53.7 Å². The maximum atomic E-state index is 13.4. The van der Waals surface area contributed by atoms with Crippen molar-refractivity contribution in [3.63, 3.8) is 0 Å². The van der Waals surface area contributed by atoms with Gasteiger partial charge in [-0.25, -0.2) is 5.01 Å². The number of amides is 2. The van der Waals surface area contributed by atoms with E-state index in [1.807, 2.05) is 60.2 Å². The van der Waals surface area contributed by atoms with Crippen molar-refractivity contribution in [3.8, 4) is 11.3 Å². The molecule has 1 N–H and O–H groups in total. The van der Waals surface area contributed by atoms with Crippen LogP contribution in [0.2, 0.25) is 0 Å². The van der Waals surface area contributed by atoms with Crippen LogP contribution in [0.1, 0.15) is 48.6 Å². The number of hydrogen-bond donors (Lipinski definition) is 1. The first-order valence-corrected chi connectivity index (χ1v) is 13.0. The number of hydrazine groups is 1. The van der Waals surface area contributed by atoms with Gasteiger partial charge in [0.05, 0.1) is 18.8 Å². The molecule has 0 saturated heterocycles. The summed E-state index contributed by atoms with van der Waals surface area (Å²) in [5.41, 5.74) is 5.99. The van der Waals surface area contributed by atoms with Gasteiger partial charge in [0.15, 0.2) is 5.76 Å². The second kappa shape index (κ2) is 12.1. The number of nitrogens with one attached hydrogen (secondary N) is 1. The molecule has 3 aromatic rings. The van der Waals surface area contributed by atoms with Gasteiger partial charge in [-0.3, -0.25) is 14.6 Å². The molecule has 2 aromatic carbocycles. The van der Waals surface area contributed by atoms with Crippen molar-refractivity contribution in [2.24, 2.45) is 0 Å². The number of likely N-dealkylation sites (N-methyl/N-ethyl adjacent to an activating group) is 1. The standard InChI is InChI=1S/C29H37N5O3/c1-5-6-9-14-30-28(35)19-33(26-13-12-23(15-21(26)2)27-16-22(3)31-37-27)20-29(36)32(4)34-17-24-10-7-8-11-25(24)18-34/h7-8,10-13,15-16H,5-6,9,14,17-20H2,1-4H3,(H,30,35). The van der Waals surface area contributed by atoms with Crippen LogP contribution < -0.4 is 10.2 Å². The highest BCUT2D eigenvalue weighted by molar-refractivity contribution is 5.87. The first-order chi connectivity index (χ1) is 17.9. The van der Waals surface area contributed by atoms with Gasteiger partial charge < -0.3 is 14.7 Å². The van der Waals surface area contributed by atoms with Crippen LogP contribution in [0.4, 0.5) is 5.69 Å². The number of unbranched alkanes of at least 4 members (excludes halogenated alkanes) is 2. The van der Waals surface area contributed by atoms with E-state index < -0.39 is 0 Å². The van der Waals surface area contributed by atoms with E-state index >= 15 is 0 Å². The lowest BCUT2D eigenvalue weighted by molar-refractivity contribution is -0.145. The average molecular weight is 504 g/mol. The summed E-state index contributed by atoms with van der Waals surface area (Å²) in [6.45, 7) is 8.23. The third-order valence-corrected chi connectivity index (χ3v) is 6.82. The molecular formula is C29H37N5O3. The number of nitrogens with zero attached hydrogens (tertiary/aromatic N) is 4. The minimum absolute atomic E-state index is 0.0686. The quantitative estimate of drug-likeness (QED) is 0.389. The smallest absolute Gasteiger partial charge is 0.256 e. The monoisotopic (exact) mass is 503 g/mol. The Morgan fingerprint density at radius 3 is 2.38 bits per heavy atom. The van der Waals surface area contributed by atoms with Crippen LogP contribution in [0.15, 0.2) is 53.1 Å². The number of aryl methyl sites for hydroxylation is 2. The summed E-state index contributed by atoms with van der Waals surface area (Å²) >= 11 is 0. The molecule has 0 bridgehead atoms. The van der Waals surface area contributed by atoms with Gasteiger partial charge in [0.2, 0.25) is 5.91 Å². The van der Waals surface area contributed by atoms with Gasteiger partial charge in [-0.2, -0.15) is 0 Å². The average Bonchev–Trinajstić information content (AvgIpc) is 3.52. The summed E-state index contributed by atoms with van der Waals surface area (Å²) in [5, 5.41) is 10.7. The van der Waals surface area contributed by atoms with Crippen LogP contribution in [0.5, 0.6) is 0 Å². The number of anilines is 1. The molecule has 0 radical (unpaired) electrons. The molecule has 1 aliphatic heterocycles. The molecule has 2 amide bonds. The topological polar surface area (TPSA) is 81.9 Å². The van der Waals surface area contributed by atoms with Crippen molar-refractivity contribution in [1.82, 2.24) is 20.5 Å². The lowest BCUT2D eigenvalue weighted by atomic mass is 10.1. The summed E-state index contributed by atoms with van der Waals surface area (Å²) in [4.78, 5) is 28.1. The van der Waals surface area contributed by atoms with Crippen LogP contribution in [0.25, 0.3) is 11.3 Å². The van der Waals surface area contributed by atoms with E-state index in [4.69, 9.17) is 4.52 Å². The first-order valence-electron chi connectivity index (χ1n) is 13.0. The van der Waals surface area contributed by atoms with E-state index in [0.717, 1.165) is 41.8 Å². The third kappa shape index (κ3) is 6.57. The lowest BCUT2D eigenvalue weighted by Crippen LogP contribution is -2.48. The first kappa shape index (κ1) is 26.4. The molecule has 0 atom stereocenters. The normalized spacial score (nSPS) is 12.9. The molecule has 0 fully saturated rings. The molecule has 196 valence electrons. The highest BCUT2D eigenvalue weighted by Gasteiger charge is 2.27. The summed E-state index contributed by atoms with van der Waals surface area (Å²) in [6, 6.07) is 16.0. The van der Waals surface area contributed by atoms with Gasteiger partial charge in [0.25, 0.3) is 5.91 Å². The maximum absolute atomic E-state index is 13.4.